The van der Waals surface area contributed by atoms with Crippen LogP contribution in [-0.2, 0) is 9.59 Å². The van der Waals surface area contributed by atoms with Crippen LogP contribution in [0.5, 0.6) is 11.5 Å². The highest BCUT2D eigenvalue weighted by Crippen LogP contribution is 2.32. The van der Waals surface area contributed by atoms with E-state index in [1.807, 2.05) is 6.92 Å². The highest BCUT2D eigenvalue weighted by Gasteiger charge is 2.14. The van der Waals surface area contributed by atoms with E-state index in [9.17, 15) is 14.0 Å². The molecule has 2 aromatic rings. The van der Waals surface area contributed by atoms with Crippen molar-refractivity contribution in [3.05, 3.63) is 53.8 Å². The predicted molar refractivity (Wildman–Crippen MR) is 98.5 cm³/mol. The summed E-state index contributed by atoms with van der Waals surface area (Å²) in [5, 5.41) is 5.30. The van der Waals surface area contributed by atoms with Crippen LogP contribution in [0.2, 0.25) is 0 Å². The lowest BCUT2D eigenvalue weighted by molar-refractivity contribution is -0.124. The molecular weight excluding hydrogens is 351 g/mol. The van der Waals surface area contributed by atoms with Crippen LogP contribution in [0.4, 0.5) is 10.1 Å². The topological polar surface area (TPSA) is 76.7 Å². The fraction of sp³-hybridized carbons (Fsp3) is 0.300. The number of nitrogens with one attached hydrogen (secondary N) is 2. The minimum Gasteiger partial charge on any atom is -0.486 e. The summed E-state index contributed by atoms with van der Waals surface area (Å²) in [5.41, 5.74) is 1.44. The molecule has 0 fully saturated rings. The molecule has 0 spiro atoms. The van der Waals surface area contributed by atoms with Crippen LogP contribution in [0.1, 0.15) is 24.8 Å². The lowest BCUT2D eigenvalue weighted by Crippen LogP contribution is -2.33. The van der Waals surface area contributed by atoms with Gasteiger partial charge in [-0.05, 0) is 35.7 Å². The smallest absolute Gasteiger partial charge is 0.243 e. The fourth-order valence-electron chi connectivity index (χ4n) is 2.76. The second-order valence-electron chi connectivity index (χ2n) is 6.34. The average Bonchev–Trinajstić information content (AvgIpc) is 2.67. The number of hydrogen-bond donors (Lipinski definition) is 2. The molecule has 1 atom stereocenters. The van der Waals surface area contributed by atoms with Crippen molar-refractivity contribution in [1.29, 1.82) is 0 Å². The molecule has 2 N–H and O–H groups in total. The third-order valence-corrected chi connectivity index (χ3v) is 4.20. The van der Waals surface area contributed by atoms with Crippen molar-refractivity contribution in [3.8, 4) is 11.5 Å². The molecule has 1 aliphatic heterocycles. The van der Waals surface area contributed by atoms with Gasteiger partial charge in [0.15, 0.2) is 11.5 Å². The Balaban J connectivity index is 1.45. The third kappa shape index (κ3) is 5.20. The monoisotopic (exact) mass is 372 g/mol. The normalized spacial score (nSPS) is 13.6. The second kappa shape index (κ2) is 8.53. The van der Waals surface area contributed by atoms with Crippen LogP contribution in [-0.4, -0.2) is 31.6 Å². The number of fused-ring (bicyclic) bond motifs is 1. The van der Waals surface area contributed by atoms with Crippen molar-refractivity contribution >= 4 is 17.5 Å². The largest absolute Gasteiger partial charge is 0.486 e. The van der Waals surface area contributed by atoms with E-state index in [-0.39, 0.29) is 36.5 Å². The first-order chi connectivity index (χ1) is 13.0. The second-order valence-corrected chi connectivity index (χ2v) is 6.34. The summed E-state index contributed by atoms with van der Waals surface area (Å²) in [7, 11) is 0. The van der Waals surface area contributed by atoms with Gasteiger partial charge in [0.25, 0.3) is 0 Å². The van der Waals surface area contributed by atoms with Gasteiger partial charge < -0.3 is 20.1 Å². The summed E-state index contributed by atoms with van der Waals surface area (Å²) in [6.07, 6.45) is 0.211. The first kappa shape index (κ1) is 18.7. The molecule has 27 heavy (non-hydrogen) atoms. The van der Waals surface area contributed by atoms with Gasteiger partial charge in [-0.3, -0.25) is 9.59 Å². The molecule has 6 nitrogen and oxygen atoms in total. The minimum absolute atomic E-state index is 0.0774. The molecule has 0 aromatic heterocycles. The highest BCUT2D eigenvalue weighted by molar-refractivity contribution is 5.94. The SMILES string of the molecule is CC(CC(=O)NCC(=O)Nc1ccc2c(c1)OCCO2)c1ccc(F)cc1. The molecule has 142 valence electrons. The molecule has 0 saturated heterocycles. The van der Waals surface area contributed by atoms with Gasteiger partial charge in [0.2, 0.25) is 11.8 Å². The van der Waals surface area contributed by atoms with Crippen LogP contribution in [0, 0.1) is 5.82 Å². The first-order valence-electron chi connectivity index (χ1n) is 8.73. The maximum absolute atomic E-state index is 13.0. The van der Waals surface area contributed by atoms with Gasteiger partial charge in [0, 0.05) is 18.2 Å². The minimum atomic E-state index is -0.338. The average molecular weight is 372 g/mol. The van der Waals surface area contributed by atoms with Gasteiger partial charge in [-0.2, -0.15) is 0 Å². The lowest BCUT2D eigenvalue weighted by Gasteiger charge is -2.19. The Morgan fingerprint density at radius 2 is 1.74 bits per heavy atom. The molecule has 1 unspecified atom stereocenters. The summed E-state index contributed by atoms with van der Waals surface area (Å²) in [5.74, 6) is 0.245. The molecule has 1 heterocycles. The molecule has 1 aliphatic rings. The first-order valence-corrected chi connectivity index (χ1v) is 8.73. The van der Waals surface area contributed by atoms with Gasteiger partial charge in [-0.1, -0.05) is 19.1 Å². The molecular formula is C20H21FN2O4. The molecule has 0 saturated carbocycles. The maximum Gasteiger partial charge on any atom is 0.243 e. The van der Waals surface area contributed by atoms with E-state index < -0.39 is 0 Å². The Bertz CT molecular complexity index is 823. The summed E-state index contributed by atoms with van der Waals surface area (Å²) < 4.78 is 23.9. The van der Waals surface area contributed by atoms with Gasteiger partial charge in [0.1, 0.15) is 19.0 Å². The van der Waals surface area contributed by atoms with Crippen LogP contribution in [0.15, 0.2) is 42.5 Å². The molecule has 2 amide bonds. The third-order valence-electron chi connectivity index (χ3n) is 4.20. The Morgan fingerprint density at radius 3 is 2.48 bits per heavy atom. The van der Waals surface area contributed by atoms with Crippen LogP contribution < -0.4 is 20.1 Å². The number of amides is 2. The Morgan fingerprint density at radius 1 is 1.04 bits per heavy atom. The van der Waals surface area contributed by atoms with Crippen LogP contribution in [0.25, 0.3) is 0 Å². The van der Waals surface area contributed by atoms with Gasteiger partial charge >= 0.3 is 0 Å². The van der Waals surface area contributed by atoms with E-state index in [0.29, 0.717) is 30.4 Å². The molecule has 2 aromatic carbocycles. The number of anilines is 1. The summed E-state index contributed by atoms with van der Waals surface area (Å²) in [4.78, 5) is 24.1. The molecule has 0 radical (unpaired) electrons. The number of carbonyl (C=O) groups excluding carboxylic acids is 2. The van der Waals surface area contributed by atoms with Crippen molar-refractivity contribution in [3.63, 3.8) is 0 Å². The van der Waals surface area contributed by atoms with Crippen molar-refractivity contribution < 1.29 is 23.5 Å². The lowest BCUT2D eigenvalue weighted by atomic mass is 9.97. The fourth-order valence-corrected chi connectivity index (χ4v) is 2.76. The van der Waals surface area contributed by atoms with Crippen molar-refractivity contribution in [2.45, 2.75) is 19.3 Å². The Kier molecular flexibility index (Phi) is 5.90. The number of hydrogen-bond acceptors (Lipinski definition) is 4. The summed E-state index contributed by atoms with van der Waals surface area (Å²) >= 11 is 0. The quantitative estimate of drug-likeness (QED) is 0.818. The molecule has 0 bridgehead atoms. The zero-order chi connectivity index (χ0) is 19.2. The zero-order valence-electron chi connectivity index (χ0n) is 15.0. The maximum atomic E-state index is 13.0. The standard InChI is InChI=1S/C20H21FN2O4/c1-13(14-2-4-15(21)5-3-14)10-19(24)22-12-20(25)23-16-6-7-17-18(11-16)27-9-8-26-17/h2-7,11,13H,8-10,12H2,1H3,(H,22,24)(H,23,25). The van der Waals surface area contributed by atoms with Crippen LogP contribution in [0.3, 0.4) is 0 Å². The predicted octanol–water partition coefficient (Wildman–Crippen LogP) is 2.85. The zero-order valence-corrected chi connectivity index (χ0v) is 15.0. The van der Waals surface area contributed by atoms with Gasteiger partial charge in [-0.25, -0.2) is 4.39 Å². The van der Waals surface area contributed by atoms with Crippen molar-refractivity contribution in [2.75, 3.05) is 25.1 Å². The van der Waals surface area contributed by atoms with E-state index in [1.54, 1.807) is 30.3 Å². The number of halogens is 1. The number of carbonyl (C=O) groups is 2. The number of benzene rings is 2. The van der Waals surface area contributed by atoms with Crippen molar-refractivity contribution in [1.82, 2.24) is 5.32 Å². The van der Waals surface area contributed by atoms with Crippen LogP contribution >= 0.6 is 0 Å². The molecule has 7 heteroatoms. The van der Waals surface area contributed by atoms with E-state index in [2.05, 4.69) is 10.6 Å². The number of ether oxygens (including phenoxy) is 2. The van der Waals surface area contributed by atoms with E-state index in [1.165, 1.54) is 12.1 Å². The Hall–Kier alpha value is -3.09. The molecule has 0 aliphatic carbocycles. The van der Waals surface area contributed by atoms with E-state index in [4.69, 9.17) is 9.47 Å². The number of rotatable bonds is 6. The highest BCUT2D eigenvalue weighted by atomic mass is 19.1. The Labute approximate surface area is 156 Å². The van der Waals surface area contributed by atoms with Crippen molar-refractivity contribution in [2.24, 2.45) is 0 Å². The van der Waals surface area contributed by atoms with E-state index >= 15 is 0 Å². The van der Waals surface area contributed by atoms with E-state index in [0.717, 1.165) is 5.56 Å². The van der Waals surface area contributed by atoms with Gasteiger partial charge in [0.05, 0.1) is 6.54 Å². The molecule has 3 rings (SSSR count). The van der Waals surface area contributed by atoms with Gasteiger partial charge in [-0.15, -0.1) is 0 Å². The summed E-state index contributed by atoms with van der Waals surface area (Å²) in [6.45, 7) is 2.71. The summed E-state index contributed by atoms with van der Waals surface area (Å²) in [6, 6.07) is 11.2.